The molecule has 0 radical (unpaired) electrons. The first kappa shape index (κ1) is 13.9. The Labute approximate surface area is 115 Å². The summed E-state index contributed by atoms with van der Waals surface area (Å²) in [6.45, 7) is 2.10. The third-order valence-corrected chi connectivity index (χ3v) is 4.18. The molecule has 1 aliphatic rings. The Morgan fingerprint density at radius 3 is 2.72 bits per heavy atom. The van der Waals surface area contributed by atoms with Crippen molar-refractivity contribution in [3.63, 3.8) is 0 Å². The Morgan fingerprint density at radius 1 is 1.33 bits per heavy atom. The summed E-state index contributed by atoms with van der Waals surface area (Å²) in [5.74, 6) is 1.90. The Morgan fingerprint density at radius 2 is 2.11 bits per heavy atom. The molecule has 3 nitrogen and oxygen atoms in total. The first-order chi connectivity index (χ1) is 8.81. The highest BCUT2D eigenvalue weighted by Gasteiger charge is 2.20. The molecule has 1 saturated carbocycles. The van der Waals surface area contributed by atoms with E-state index in [1.54, 1.807) is 0 Å². The average Bonchev–Trinajstić information content (AvgIpc) is 2.81. The van der Waals surface area contributed by atoms with E-state index >= 15 is 0 Å². The van der Waals surface area contributed by atoms with E-state index in [-0.39, 0.29) is 0 Å². The highest BCUT2D eigenvalue weighted by molar-refractivity contribution is 6.18. The van der Waals surface area contributed by atoms with E-state index in [0.717, 1.165) is 31.4 Å². The van der Waals surface area contributed by atoms with Crippen molar-refractivity contribution < 1.29 is 0 Å². The molecule has 0 N–H and O–H groups in total. The predicted octanol–water partition coefficient (Wildman–Crippen LogP) is 2.84. The van der Waals surface area contributed by atoms with Gasteiger partial charge in [0.25, 0.3) is 0 Å². The number of aryl methyl sites for hydroxylation is 1. The minimum Gasteiger partial charge on any atom is -0.338 e. The molecule has 2 rings (SSSR count). The smallest absolute Gasteiger partial charge is 0.109 e. The summed E-state index contributed by atoms with van der Waals surface area (Å²) in [6, 6.07) is 0.748. The maximum Gasteiger partial charge on any atom is 0.109 e. The number of imidazole rings is 1. The third kappa shape index (κ3) is 3.72. The van der Waals surface area contributed by atoms with Crippen LogP contribution in [0.1, 0.15) is 37.9 Å². The topological polar surface area (TPSA) is 21.1 Å². The quantitative estimate of drug-likeness (QED) is 0.741. The number of aromatic nitrogens is 2. The molecular formula is C14H24ClN3. The van der Waals surface area contributed by atoms with Crippen LogP contribution in [0.25, 0.3) is 0 Å². The van der Waals surface area contributed by atoms with Crippen LogP contribution in [0.4, 0.5) is 0 Å². The fourth-order valence-electron chi connectivity index (χ4n) is 2.91. The van der Waals surface area contributed by atoms with Crippen LogP contribution >= 0.6 is 11.6 Å². The second kappa shape index (κ2) is 7.15. The van der Waals surface area contributed by atoms with Gasteiger partial charge in [-0.15, -0.1) is 11.6 Å². The average molecular weight is 270 g/mol. The van der Waals surface area contributed by atoms with Gasteiger partial charge in [-0.1, -0.05) is 19.3 Å². The highest BCUT2D eigenvalue weighted by Crippen LogP contribution is 2.22. The van der Waals surface area contributed by atoms with Crippen molar-refractivity contribution in [2.24, 2.45) is 7.05 Å². The zero-order chi connectivity index (χ0) is 12.8. The number of hydrogen-bond donors (Lipinski definition) is 0. The van der Waals surface area contributed by atoms with Crippen molar-refractivity contribution in [2.45, 2.75) is 44.6 Å². The standard InChI is InChI=1S/C14H24ClN3/c1-17-12-9-16-14(17)7-10-18(11-8-15)13-5-3-2-4-6-13/h9,12-13H,2-8,10-11H2,1H3. The Balaban J connectivity index is 1.87. The Kier molecular flexibility index (Phi) is 5.51. The van der Waals surface area contributed by atoms with Crippen LogP contribution in [0.5, 0.6) is 0 Å². The van der Waals surface area contributed by atoms with Crippen LogP contribution in [-0.4, -0.2) is 39.5 Å². The Bertz CT molecular complexity index is 345. The largest absolute Gasteiger partial charge is 0.338 e. The van der Waals surface area contributed by atoms with Crippen LogP contribution in [0.2, 0.25) is 0 Å². The van der Waals surface area contributed by atoms with Crippen LogP contribution < -0.4 is 0 Å². The molecule has 0 unspecified atom stereocenters. The summed E-state index contributed by atoms with van der Waals surface area (Å²) in [7, 11) is 2.06. The van der Waals surface area contributed by atoms with Gasteiger partial charge >= 0.3 is 0 Å². The maximum absolute atomic E-state index is 5.94. The minimum absolute atomic E-state index is 0.733. The number of alkyl halides is 1. The molecule has 0 aliphatic heterocycles. The summed E-state index contributed by atoms with van der Waals surface area (Å²) in [5, 5.41) is 0. The molecule has 1 aromatic heterocycles. The van der Waals surface area contributed by atoms with Crippen molar-refractivity contribution in [3.8, 4) is 0 Å². The van der Waals surface area contributed by atoms with Crippen LogP contribution in [0.3, 0.4) is 0 Å². The second-order valence-corrected chi connectivity index (χ2v) is 5.60. The van der Waals surface area contributed by atoms with Crippen molar-refractivity contribution in [3.05, 3.63) is 18.2 Å². The molecule has 0 bridgehead atoms. The summed E-state index contributed by atoms with van der Waals surface area (Å²) in [6.07, 6.45) is 11.8. The number of halogens is 1. The van der Waals surface area contributed by atoms with Gasteiger partial charge in [0.1, 0.15) is 5.82 Å². The van der Waals surface area contributed by atoms with E-state index < -0.39 is 0 Å². The monoisotopic (exact) mass is 269 g/mol. The van der Waals surface area contributed by atoms with Gasteiger partial charge in [-0.3, -0.25) is 4.90 Å². The summed E-state index contributed by atoms with van der Waals surface area (Å²) < 4.78 is 2.11. The lowest BCUT2D eigenvalue weighted by Gasteiger charge is -2.33. The van der Waals surface area contributed by atoms with E-state index in [1.807, 2.05) is 12.4 Å². The molecule has 0 aromatic carbocycles. The van der Waals surface area contributed by atoms with Crippen molar-refractivity contribution in [2.75, 3.05) is 19.0 Å². The lowest BCUT2D eigenvalue weighted by atomic mass is 9.94. The number of rotatable bonds is 6. The van der Waals surface area contributed by atoms with Crippen LogP contribution in [0.15, 0.2) is 12.4 Å². The van der Waals surface area contributed by atoms with E-state index in [1.165, 1.54) is 37.9 Å². The van der Waals surface area contributed by atoms with E-state index in [0.29, 0.717) is 0 Å². The molecule has 1 fully saturated rings. The van der Waals surface area contributed by atoms with Gasteiger partial charge in [0.15, 0.2) is 0 Å². The maximum atomic E-state index is 5.94. The summed E-state index contributed by atoms with van der Waals surface area (Å²) >= 11 is 5.94. The van der Waals surface area contributed by atoms with E-state index in [9.17, 15) is 0 Å². The molecule has 0 atom stereocenters. The fraction of sp³-hybridized carbons (Fsp3) is 0.786. The van der Waals surface area contributed by atoms with Gasteiger partial charge in [0, 0.05) is 50.9 Å². The lowest BCUT2D eigenvalue weighted by molar-refractivity contribution is 0.165. The first-order valence-corrected chi connectivity index (χ1v) is 7.61. The fourth-order valence-corrected chi connectivity index (χ4v) is 3.13. The van der Waals surface area contributed by atoms with Gasteiger partial charge in [0.2, 0.25) is 0 Å². The molecule has 18 heavy (non-hydrogen) atoms. The lowest BCUT2D eigenvalue weighted by Crippen LogP contribution is -2.39. The summed E-state index contributed by atoms with van der Waals surface area (Å²) in [5.41, 5.74) is 0. The van der Waals surface area contributed by atoms with Gasteiger partial charge in [-0.25, -0.2) is 4.98 Å². The molecule has 1 aliphatic carbocycles. The molecular weight excluding hydrogens is 246 g/mol. The molecule has 1 heterocycles. The van der Waals surface area contributed by atoms with Crippen molar-refractivity contribution >= 4 is 11.6 Å². The van der Waals surface area contributed by atoms with Crippen molar-refractivity contribution in [1.82, 2.24) is 14.5 Å². The second-order valence-electron chi connectivity index (χ2n) is 5.22. The molecule has 102 valence electrons. The third-order valence-electron chi connectivity index (χ3n) is 4.01. The molecule has 0 amide bonds. The van der Waals surface area contributed by atoms with Gasteiger partial charge in [-0.2, -0.15) is 0 Å². The SMILES string of the molecule is Cn1ccnc1CCN(CCCl)C1CCCCC1. The normalized spacial score (nSPS) is 17.5. The zero-order valence-electron chi connectivity index (χ0n) is 11.3. The van der Waals surface area contributed by atoms with Crippen molar-refractivity contribution in [1.29, 1.82) is 0 Å². The number of hydrogen-bond acceptors (Lipinski definition) is 2. The molecule has 4 heteroatoms. The number of nitrogens with zero attached hydrogens (tertiary/aromatic N) is 3. The van der Waals surface area contributed by atoms with Crippen LogP contribution in [0, 0.1) is 0 Å². The molecule has 0 saturated heterocycles. The van der Waals surface area contributed by atoms with Gasteiger partial charge in [0.05, 0.1) is 0 Å². The van der Waals surface area contributed by atoms with E-state index in [2.05, 4.69) is 21.5 Å². The predicted molar refractivity (Wildman–Crippen MR) is 76.1 cm³/mol. The first-order valence-electron chi connectivity index (χ1n) is 7.07. The summed E-state index contributed by atoms with van der Waals surface area (Å²) in [4.78, 5) is 6.97. The Hall–Kier alpha value is -0.540. The zero-order valence-corrected chi connectivity index (χ0v) is 12.1. The van der Waals surface area contributed by atoms with Crippen LogP contribution in [-0.2, 0) is 13.5 Å². The highest BCUT2D eigenvalue weighted by atomic mass is 35.5. The molecule has 0 spiro atoms. The van der Waals surface area contributed by atoms with Gasteiger partial charge < -0.3 is 4.57 Å². The van der Waals surface area contributed by atoms with E-state index in [4.69, 9.17) is 11.6 Å². The molecule has 1 aromatic rings. The minimum atomic E-state index is 0.733. The van der Waals surface area contributed by atoms with Gasteiger partial charge in [-0.05, 0) is 12.8 Å².